The quantitative estimate of drug-likeness (QED) is 0.704. The summed E-state index contributed by atoms with van der Waals surface area (Å²) < 4.78 is 0. The number of anilines is 1. The first-order chi connectivity index (χ1) is 7.75. The first-order valence-corrected chi connectivity index (χ1v) is 6.97. The molecule has 0 aromatic heterocycles. The Balaban J connectivity index is 2.11. The lowest BCUT2D eigenvalue weighted by Gasteiger charge is -2.12. The molecule has 0 heterocycles. The van der Waals surface area contributed by atoms with Crippen LogP contribution < -0.4 is 15.3 Å². The van der Waals surface area contributed by atoms with E-state index in [-0.39, 0.29) is 9.52 Å². The summed E-state index contributed by atoms with van der Waals surface area (Å²) in [6.07, 6.45) is 0. The lowest BCUT2D eigenvalue weighted by Crippen LogP contribution is -2.26. The maximum absolute atomic E-state index is 2.26. The predicted octanol–water partition coefficient (Wildman–Crippen LogP) is 0.872. The topological polar surface area (TPSA) is 3.24 Å². The highest BCUT2D eigenvalue weighted by atomic mass is 28.2. The molecule has 2 aromatic carbocycles. The van der Waals surface area contributed by atoms with Crippen LogP contribution in [0.2, 0.25) is 0 Å². The highest BCUT2D eigenvalue weighted by Gasteiger charge is 1.98. The van der Waals surface area contributed by atoms with Gasteiger partial charge in [0.05, 0.1) is 9.52 Å². The summed E-state index contributed by atoms with van der Waals surface area (Å²) in [7, 11) is 3.85. The van der Waals surface area contributed by atoms with Gasteiger partial charge in [0.2, 0.25) is 0 Å². The molecule has 1 nitrogen and oxygen atoms in total. The normalized spacial score (nSPS) is 10.9. The number of hydrogen-bond acceptors (Lipinski definition) is 1. The summed E-state index contributed by atoms with van der Waals surface area (Å²) in [4.78, 5) is 2.13. The zero-order valence-corrected chi connectivity index (χ0v) is 11.3. The molecule has 0 saturated carbocycles. The van der Waals surface area contributed by atoms with Crippen molar-refractivity contribution in [2.75, 3.05) is 19.0 Å². The SMILES string of the molecule is CN(C)c1ccc([SiH2]c2ccccc2)cc1. The van der Waals surface area contributed by atoms with Crippen LogP contribution in [0.4, 0.5) is 5.69 Å². The maximum Gasteiger partial charge on any atom is 0.0875 e. The monoisotopic (exact) mass is 227 g/mol. The number of rotatable bonds is 3. The standard InChI is InChI=1S/C14H17NSi/c1-15(2)12-8-10-14(11-9-12)16-13-6-4-3-5-7-13/h3-11H,16H2,1-2H3. The Kier molecular flexibility index (Phi) is 3.42. The van der Waals surface area contributed by atoms with Gasteiger partial charge in [0.15, 0.2) is 0 Å². The molecular formula is C14H17NSi. The molecule has 2 aromatic rings. The number of nitrogens with zero attached hydrogens (tertiary/aromatic N) is 1. The molecular weight excluding hydrogens is 210 g/mol. The van der Waals surface area contributed by atoms with Crippen molar-refractivity contribution < 1.29 is 0 Å². The maximum atomic E-state index is 2.26. The first kappa shape index (κ1) is 11.0. The molecule has 0 saturated heterocycles. The number of benzene rings is 2. The average molecular weight is 227 g/mol. The van der Waals surface area contributed by atoms with Gasteiger partial charge in [-0.05, 0) is 12.1 Å². The van der Waals surface area contributed by atoms with Crippen molar-refractivity contribution >= 4 is 25.6 Å². The third kappa shape index (κ3) is 2.73. The molecule has 0 N–H and O–H groups in total. The van der Waals surface area contributed by atoms with Crippen LogP contribution in [0.3, 0.4) is 0 Å². The van der Waals surface area contributed by atoms with E-state index in [0.717, 1.165) is 0 Å². The van der Waals surface area contributed by atoms with E-state index in [1.807, 2.05) is 0 Å². The van der Waals surface area contributed by atoms with Crippen LogP contribution in [0.15, 0.2) is 54.6 Å². The molecule has 16 heavy (non-hydrogen) atoms. The van der Waals surface area contributed by atoms with E-state index in [9.17, 15) is 0 Å². The van der Waals surface area contributed by atoms with Crippen LogP contribution in [-0.2, 0) is 0 Å². The Morgan fingerprint density at radius 2 is 1.31 bits per heavy atom. The zero-order valence-electron chi connectivity index (χ0n) is 9.85. The number of hydrogen-bond donors (Lipinski definition) is 0. The third-order valence-corrected chi connectivity index (χ3v) is 4.46. The molecule has 0 unspecified atom stereocenters. The smallest absolute Gasteiger partial charge is 0.0875 e. The summed E-state index contributed by atoms with van der Waals surface area (Å²) in [6.45, 7) is 0. The third-order valence-electron chi connectivity index (χ3n) is 2.70. The van der Waals surface area contributed by atoms with Crippen LogP contribution in [0.25, 0.3) is 0 Å². The zero-order chi connectivity index (χ0) is 11.4. The lowest BCUT2D eigenvalue weighted by atomic mass is 10.3. The van der Waals surface area contributed by atoms with E-state index in [1.165, 1.54) is 16.1 Å². The highest BCUT2D eigenvalue weighted by Crippen LogP contribution is 2.06. The Bertz CT molecular complexity index is 434. The van der Waals surface area contributed by atoms with Crippen molar-refractivity contribution in [1.82, 2.24) is 0 Å². The van der Waals surface area contributed by atoms with E-state index in [0.29, 0.717) is 0 Å². The average Bonchev–Trinajstić information content (AvgIpc) is 2.31. The molecule has 0 atom stereocenters. The van der Waals surface area contributed by atoms with Crippen LogP contribution >= 0.6 is 0 Å². The molecule has 0 amide bonds. The second kappa shape index (κ2) is 4.99. The van der Waals surface area contributed by atoms with Gasteiger partial charge in [0.1, 0.15) is 0 Å². The van der Waals surface area contributed by atoms with Gasteiger partial charge in [-0.3, -0.25) is 0 Å². The second-order valence-electron chi connectivity index (χ2n) is 4.22. The van der Waals surface area contributed by atoms with E-state index in [2.05, 4.69) is 73.6 Å². The molecule has 0 radical (unpaired) electrons. The molecule has 0 fully saturated rings. The highest BCUT2D eigenvalue weighted by molar-refractivity contribution is 6.67. The first-order valence-electron chi connectivity index (χ1n) is 5.56. The molecule has 2 heteroatoms. The minimum atomic E-state index is -0.293. The summed E-state index contributed by atoms with van der Waals surface area (Å²) in [5, 5.41) is 3.00. The Morgan fingerprint density at radius 1 is 0.750 bits per heavy atom. The van der Waals surface area contributed by atoms with Crippen LogP contribution in [-0.4, -0.2) is 23.6 Å². The van der Waals surface area contributed by atoms with E-state index in [4.69, 9.17) is 0 Å². The van der Waals surface area contributed by atoms with Crippen molar-refractivity contribution in [2.24, 2.45) is 0 Å². The van der Waals surface area contributed by atoms with Crippen molar-refractivity contribution in [3.8, 4) is 0 Å². The molecule has 0 aliphatic carbocycles. The van der Waals surface area contributed by atoms with Crippen LogP contribution in [0.5, 0.6) is 0 Å². The minimum absolute atomic E-state index is 0.293. The fourth-order valence-electron chi connectivity index (χ4n) is 1.74. The molecule has 0 aliphatic heterocycles. The fourth-order valence-corrected chi connectivity index (χ4v) is 3.19. The lowest BCUT2D eigenvalue weighted by molar-refractivity contribution is 1.13. The van der Waals surface area contributed by atoms with Gasteiger partial charge in [0.25, 0.3) is 0 Å². The van der Waals surface area contributed by atoms with Gasteiger partial charge in [-0.25, -0.2) is 0 Å². The predicted molar refractivity (Wildman–Crippen MR) is 75.0 cm³/mol. The van der Waals surface area contributed by atoms with Gasteiger partial charge in [-0.2, -0.15) is 0 Å². The summed E-state index contributed by atoms with van der Waals surface area (Å²) >= 11 is 0. The Hall–Kier alpha value is -1.54. The van der Waals surface area contributed by atoms with Gasteiger partial charge >= 0.3 is 0 Å². The van der Waals surface area contributed by atoms with Crippen LogP contribution in [0.1, 0.15) is 0 Å². The molecule has 0 aliphatic rings. The fraction of sp³-hybridized carbons (Fsp3) is 0.143. The summed E-state index contributed by atoms with van der Waals surface area (Å²) in [6, 6.07) is 19.7. The minimum Gasteiger partial charge on any atom is -0.378 e. The molecule has 0 bridgehead atoms. The van der Waals surface area contributed by atoms with E-state index < -0.39 is 0 Å². The van der Waals surface area contributed by atoms with Gasteiger partial charge in [-0.1, -0.05) is 52.8 Å². The van der Waals surface area contributed by atoms with Crippen LogP contribution in [0, 0.1) is 0 Å². The van der Waals surface area contributed by atoms with Gasteiger partial charge in [0, 0.05) is 19.8 Å². The molecule has 0 spiro atoms. The van der Waals surface area contributed by atoms with Gasteiger partial charge < -0.3 is 4.90 Å². The van der Waals surface area contributed by atoms with Crippen molar-refractivity contribution in [1.29, 1.82) is 0 Å². The van der Waals surface area contributed by atoms with Crippen molar-refractivity contribution in [3.05, 3.63) is 54.6 Å². The molecule has 82 valence electrons. The van der Waals surface area contributed by atoms with E-state index >= 15 is 0 Å². The second-order valence-corrected chi connectivity index (χ2v) is 6.21. The molecule has 2 rings (SSSR count). The summed E-state index contributed by atoms with van der Waals surface area (Å²) in [5.41, 5.74) is 1.27. The Labute approximate surface area is 99.6 Å². The van der Waals surface area contributed by atoms with E-state index in [1.54, 1.807) is 0 Å². The summed E-state index contributed by atoms with van der Waals surface area (Å²) in [5.74, 6) is 0. The van der Waals surface area contributed by atoms with Crippen molar-refractivity contribution in [3.63, 3.8) is 0 Å². The van der Waals surface area contributed by atoms with Gasteiger partial charge in [-0.15, -0.1) is 0 Å². The van der Waals surface area contributed by atoms with Crippen molar-refractivity contribution in [2.45, 2.75) is 0 Å². The Morgan fingerprint density at radius 3 is 1.88 bits per heavy atom. The largest absolute Gasteiger partial charge is 0.378 e.